The molecule has 0 radical (unpaired) electrons. The van der Waals surface area contributed by atoms with Crippen LogP contribution in [0.15, 0.2) is 55.1 Å². The third kappa shape index (κ3) is 2.96. The van der Waals surface area contributed by atoms with Crippen molar-refractivity contribution in [3.63, 3.8) is 0 Å². The Morgan fingerprint density at radius 2 is 2.06 bits per heavy atom. The molecule has 2 atom stereocenters. The standard InChI is InChI=1S/C25H19ClFN3O2S/c1-2-21(32)29-8-7-19-20(29)12-30(19)25-17-11-18(26)22(23(27)24(17)28-33-25)16-10-14(31)9-13-5-3-4-6-15(13)16/h2-6,9-11,19-20,31H,1,7-8,12H2/t19-,20-/m0/s1. The maximum Gasteiger partial charge on any atom is 0.246 e. The molecule has 4 aromatic rings. The van der Waals surface area contributed by atoms with Crippen molar-refractivity contribution < 1.29 is 14.3 Å². The summed E-state index contributed by atoms with van der Waals surface area (Å²) in [6.45, 7) is 4.96. The molecule has 6 rings (SSSR count). The SMILES string of the molecule is C=CC(=O)N1CC[C@H]2[C@@H]1CN2c1snc2c(F)c(-c3cc(O)cc4ccccc34)c(Cl)cc12. The molecule has 0 spiro atoms. The van der Waals surface area contributed by atoms with Gasteiger partial charge in [-0.05, 0) is 58.6 Å². The average molecular weight is 480 g/mol. The van der Waals surface area contributed by atoms with E-state index in [1.807, 2.05) is 29.2 Å². The Kier molecular flexibility index (Phi) is 4.61. The molecule has 2 aliphatic heterocycles. The Bertz CT molecular complexity index is 1470. The van der Waals surface area contributed by atoms with Crippen LogP contribution in [0.25, 0.3) is 32.8 Å². The number of hydrogen-bond acceptors (Lipinski definition) is 5. The largest absolute Gasteiger partial charge is 0.508 e. The molecule has 1 aromatic heterocycles. The highest BCUT2D eigenvalue weighted by atomic mass is 35.5. The third-order valence-electron chi connectivity index (χ3n) is 6.78. The van der Waals surface area contributed by atoms with Gasteiger partial charge in [-0.3, -0.25) is 4.79 Å². The molecule has 0 saturated carbocycles. The van der Waals surface area contributed by atoms with Crippen LogP contribution in [-0.2, 0) is 4.79 Å². The summed E-state index contributed by atoms with van der Waals surface area (Å²) in [5.41, 5.74) is 1.03. The minimum absolute atomic E-state index is 0.0460. The van der Waals surface area contributed by atoms with Gasteiger partial charge < -0.3 is 14.9 Å². The molecular formula is C25H19ClFN3O2S. The Labute approximate surface area is 198 Å². The Morgan fingerprint density at radius 3 is 2.88 bits per heavy atom. The number of benzene rings is 3. The predicted octanol–water partition coefficient (Wildman–Crippen LogP) is 5.59. The van der Waals surface area contributed by atoms with Crippen LogP contribution in [0.2, 0.25) is 5.02 Å². The van der Waals surface area contributed by atoms with E-state index in [9.17, 15) is 9.90 Å². The number of anilines is 1. The van der Waals surface area contributed by atoms with E-state index in [1.54, 1.807) is 12.1 Å². The quantitative estimate of drug-likeness (QED) is 0.389. The highest BCUT2D eigenvalue weighted by Gasteiger charge is 2.49. The van der Waals surface area contributed by atoms with E-state index in [0.717, 1.165) is 22.2 Å². The molecule has 2 aliphatic rings. The molecule has 8 heteroatoms. The van der Waals surface area contributed by atoms with E-state index in [2.05, 4.69) is 15.9 Å². The normalized spacial score (nSPS) is 19.7. The van der Waals surface area contributed by atoms with E-state index in [-0.39, 0.29) is 39.8 Å². The number of phenols is 1. The maximum absolute atomic E-state index is 15.9. The fourth-order valence-electron chi connectivity index (χ4n) is 5.20. The van der Waals surface area contributed by atoms with E-state index in [1.165, 1.54) is 23.7 Å². The lowest BCUT2D eigenvalue weighted by atomic mass is 9.95. The molecule has 3 aromatic carbocycles. The summed E-state index contributed by atoms with van der Waals surface area (Å²) in [6.07, 6.45) is 2.21. The molecule has 3 heterocycles. The number of phenolic OH excluding ortho intramolecular Hbond substituents is 1. The monoisotopic (exact) mass is 479 g/mol. The fourth-order valence-corrected chi connectivity index (χ4v) is 6.42. The van der Waals surface area contributed by atoms with Crippen molar-refractivity contribution in [1.29, 1.82) is 0 Å². The molecule has 0 aliphatic carbocycles. The second kappa shape index (κ2) is 7.43. The molecule has 0 unspecified atom stereocenters. The molecular weight excluding hydrogens is 461 g/mol. The zero-order valence-electron chi connectivity index (χ0n) is 17.5. The lowest BCUT2D eigenvalue weighted by Crippen LogP contribution is -2.62. The molecule has 0 bridgehead atoms. The van der Waals surface area contributed by atoms with E-state index in [4.69, 9.17) is 11.6 Å². The lowest BCUT2D eigenvalue weighted by molar-refractivity contribution is -0.127. The van der Waals surface area contributed by atoms with Gasteiger partial charge in [0, 0.05) is 24.0 Å². The van der Waals surface area contributed by atoms with Crippen molar-refractivity contribution in [3.8, 4) is 16.9 Å². The summed E-state index contributed by atoms with van der Waals surface area (Å²) in [5.74, 6) is -0.499. The van der Waals surface area contributed by atoms with E-state index < -0.39 is 5.82 Å². The number of aromatic nitrogens is 1. The number of carbonyl (C=O) groups is 1. The van der Waals surface area contributed by atoms with Gasteiger partial charge in [-0.1, -0.05) is 42.4 Å². The van der Waals surface area contributed by atoms with Gasteiger partial charge in [0.25, 0.3) is 0 Å². The summed E-state index contributed by atoms with van der Waals surface area (Å²) in [6, 6.07) is 12.8. The molecule has 1 amide bonds. The number of hydrogen-bond donors (Lipinski definition) is 1. The number of nitrogens with zero attached hydrogens (tertiary/aromatic N) is 3. The first kappa shape index (κ1) is 20.4. The number of fused-ring (bicyclic) bond motifs is 3. The van der Waals surface area contributed by atoms with Gasteiger partial charge in [-0.25, -0.2) is 4.39 Å². The second-order valence-electron chi connectivity index (χ2n) is 8.46. The zero-order chi connectivity index (χ0) is 22.9. The van der Waals surface area contributed by atoms with Crippen molar-refractivity contribution in [2.24, 2.45) is 0 Å². The third-order valence-corrected chi connectivity index (χ3v) is 7.97. The van der Waals surface area contributed by atoms with Crippen LogP contribution < -0.4 is 4.90 Å². The average Bonchev–Trinajstić information content (AvgIpc) is 3.34. The fraction of sp³-hybridized carbons (Fsp3) is 0.200. The lowest BCUT2D eigenvalue weighted by Gasteiger charge is -2.47. The minimum atomic E-state index is -0.497. The van der Waals surface area contributed by atoms with Crippen LogP contribution in [0.5, 0.6) is 5.75 Å². The summed E-state index contributed by atoms with van der Waals surface area (Å²) in [7, 11) is 0. The van der Waals surface area contributed by atoms with Gasteiger partial charge in [0.1, 0.15) is 16.3 Å². The first-order valence-corrected chi connectivity index (χ1v) is 11.8. The van der Waals surface area contributed by atoms with Crippen LogP contribution in [0.4, 0.5) is 9.39 Å². The highest BCUT2D eigenvalue weighted by Crippen LogP contribution is 2.46. The molecule has 166 valence electrons. The Balaban J connectivity index is 1.44. The smallest absolute Gasteiger partial charge is 0.246 e. The van der Waals surface area contributed by atoms with Crippen LogP contribution in [-0.4, -0.2) is 45.5 Å². The molecule has 5 nitrogen and oxygen atoms in total. The van der Waals surface area contributed by atoms with Crippen molar-refractivity contribution in [1.82, 2.24) is 9.27 Å². The number of aromatic hydroxyl groups is 1. The summed E-state index contributed by atoms with van der Waals surface area (Å²) < 4.78 is 20.3. The first-order valence-electron chi connectivity index (χ1n) is 10.7. The van der Waals surface area contributed by atoms with Gasteiger partial charge in [0.2, 0.25) is 5.91 Å². The molecule has 1 N–H and O–H groups in total. The van der Waals surface area contributed by atoms with Crippen LogP contribution in [0.1, 0.15) is 6.42 Å². The zero-order valence-corrected chi connectivity index (χ0v) is 19.0. The van der Waals surface area contributed by atoms with Gasteiger partial charge >= 0.3 is 0 Å². The summed E-state index contributed by atoms with van der Waals surface area (Å²) in [5, 5.41) is 13.6. The maximum atomic E-state index is 15.9. The van der Waals surface area contributed by atoms with Crippen LogP contribution >= 0.6 is 23.1 Å². The topological polar surface area (TPSA) is 56.7 Å². The number of halogens is 2. The van der Waals surface area contributed by atoms with Crippen molar-refractivity contribution >= 4 is 55.7 Å². The minimum Gasteiger partial charge on any atom is -0.508 e. The van der Waals surface area contributed by atoms with Gasteiger partial charge in [0.15, 0.2) is 5.82 Å². The number of rotatable bonds is 3. The van der Waals surface area contributed by atoms with Gasteiger partial charge in [-0.15, -0.1) is 0 Å². The van der Waals surface area contributed by atoms with E-state index in [0.29, 0.717) is 24.0 Å². The molecule has 33 heavy (non-hydrogen) atoms. The van der Waals surface area contributed by atoms with E-state index >= 15 is 4.39 Å². The second-order valence-corrected chi connectivity index (χ2v) is 9.62. The predicted molar refractivity (Wildman–Crippen MR) is 131 cm³/mol. The molecule has 2 saturated heterocycles. The van der Waals surface area contributed by atoms with Crippen LogP contribution in [0.3, 0.4) is 0 Å². The number of amides is 1. The van der Waals surface area contributed by atoms with Crippen molar-refractivity contribution in [2.75, 3.05) is 18.0 Å². The Morgan fingerprint density at radius 1 is 1.24 bits per heavy atom. The number of likely N-dealkylation sites (tertiary alicyclic amines) is 1. The van der Waals surface area contributed by atoms with Gasteiger partial charge in [0.05, 0.1) is 17.1 Å². The van der Waals surface area contributed by atoms with Crippen molar-refractivity contribution in [2.45, 2.75) is 18.5 Å². The number of carbonyl (C=O) groups excluding carboxylic acids is 1. The highest BCUT2D eigenvalue weighted by molar-refractivity contribution is 7.12. The first-order chi connectivity index (χ1) is 16.0. The van der Waals surface area contributed by atoms with Crippen molar-refractivity contribution in [3.05, 3.63) is 66.0 Å². The van der Waals surface area contributed by atoms with Crippen LogP contribution in [0, 0.1) is 5.82 Å². The molecule has 2 fully saturated rings. The Hall–Kier alpha value is -3.16. The van der Waals surface area contributed by atoms with Gasteiger partial charge in [-0.2, -0.15) is 4.37 Å². The summed E-state index contributed by atoms with van der Waals surface area (Å²) in [4.78, 5) is 16.1. The summed E-state index contributed by atoms with van der Waals surface area (Å²) >= 11 is 7.91.